The maximum absolute atomic E-state index is 14.3. The van der Waals surface area contributed by atoms with E-state index in [9.17, 15) is 13.6 Å². The molecule has 0 amide bonds. The summed E-state index contributed by atoms with van der Waals surface area (Å²) in [5.41, 5.74) is 1.30. The second-order valence-electron chi connectivity index (χ2n) is 7.07. The standard InChI is InChI=1S/C22H17Cl2F2NO/c1-27-20-8-9-21(27)15(11-13-17(24)5-3-7-19(13)26)22(28)14(20)10-12-16(23)4-2-6-18(12)25/h2-7,10-11,20-21H,8-9H2,1H3/b14-10+,15-11+/t20-,21-/m0/s1. The highest BCUT2D eigenvalue weighted by molar-refractivity contribution is 6.33. The Morgan fingerprint density at radius 2 is 1.32 bits per heavy atom. The van der Waals surface area contributed by atoms with Crippen molar-refractivity contribution in [1.29, 1.82) is 0 Å². The molecule has 2 nitrogen and oxygen atoms in total. The van der Waals surface area contributed by atoms with Crippen LogP contribution >= 0.6 is 23.2 Å². The van der Waals surface area contributed by atoms with Gasteiger partial charge in [-0.15, -0.1) is 0 Å². The van der Waals surface area contributed by atoms with Crippen LogP contribution in [0.3, 0.4) is 0 Å². The van der Waals surface area contributed by atoms with E-state index in [1.165, 1.54) is 36.4 Å². The summed E-state index contributed by atoms with van der Waals surface area (Å²) in [5.74, 6) is -1.19. The van der Waals surface area contributed by atoms with Crippen LogP contribution in [-0.4, -0.2) is 29.8 Å². The number of benzene rings is 2. The Balaban J connectivity index is 1.86. The molecule has 4 rings (SSSR count). The summed E-state index contributed by atoms with van der Waals surface area (Å²) in [6.07, 6.45) is 4.57. The van der Waals surface area contributed by atoms with Gasteiger partial charge in [0.2, 0.25) is 0 Å². The molecule has 2 fully saturated rings. The van der Waals surface area contributed by atoms with E-state index in [1.807, 2.05) is 7.05 Å². The second kappa shape index (κ2) is 7.43. The third-order valence-corrected chi connectivity index (χ3v) is 6.20. The van der Waals surface area contributed by atoms with Crippen LogP contribution in [0.5, 0.6) is 0 Å². The summed E-state index contributed by atoms with van der Waals surface area (Å²) >= 11 is 12.3. The number of hydrogen-bond donors (Lipinski definition) is 0. The number of hydrogen-bond acceptors (Lipinski definition) is 2. The van der Waals surface area contributed by atoms with Crippen LogP contribution in [0, 0.1) is 11.6 Å². The predicted molar refractivity (Wildman–Crippen MR) is 108 cm³/mol. The lowest BCUT2D eigenvalue weighted by Crippen LogP contribution is -2.43. The lowest BCUT2D eigenvalue weighted by Gasteiger charge is -2.34. The Kier molecular flexibility index (Phi) is 5.13. The molecule has 6 heteroatoms. The highest BCUT2D eigenvalue weighted by atomic mass is 35.5. The highest BCUT2D eigenvalue weighted by Gasteiger charge is 2.44. The minimum atomic E-state index is -0.488. The van der Waals surface area contributed by atoms with E-state index in [4.69, 9.17) is 23.2 Å². The summed E-state index contributed by atoms with van der Waals surface area (Å²) < 4.78 is 28.6. The summed E-state index contributed by atoms with van der Waals surface area (Å²) in [4.78, 5) is 15.4. The fourth-order valence-corrected chi connectivity index (χ4v) is 4.53. The zero-order chi connectivity index (χ0) is 20.0. The van der Waals surface area contributed by atoms with Gasteiger partial charge in [0.05, 0.1) is 10.0 Å². The van der Waals surface area contributed by atoms with Crippen molar-refractivity contribution in [3.63, 3.8) is 0 Å². The first-order valence-corrected chi connectivity index (χ1v) is 9.72. The highest BCUT2D eigenvalue weighted by Crippen LogP contribution is 2.41. The third kappa shape index (κ3) is 3.20. The number of carbonyl (C=O) groups is 1. The Morgan fingerprint density at radius 3 is 1.71 bits per heavy atom. The van der Waals surface area contributed by atoms with Crippen LogP contribution in [0.25, 0.3) is 12.2 Å². The number of ketones is 1. The molecule has 2 bridgehead atoms. The molecule has 2 aliphatic heterocycles. The van der Waals surface area contributed by atoms with Crippen molar-refractivity contribution in [2.24, 2.45) is 0 Å². The average Bonchev–Trinajstić information content (AvgIpc) is 2.95. The van der Waals surface area contributed by atoms with Gasteiger partial charge in [0.25, 0.3) is 0 Å². The van der Waals surface area contributed by atoms with Crippen molar-refractivity contribution in [1.82, 2.24) is 4.90 Å². The van der Waals surface area contributed by atoms with E-state index in [0.29, 0.717) is 11.1 Å². The lowest BCUT2D eigenvalue weighted by molar-refractivity contribution is -0.114. The zero-order valence-corrected chi connectivity index (χ0v) is 16.6. The molecule has 0 aromatic heterocycles. The first kappa shape index (κ1) is 19.3. The number of halogens is 4. The van der Waals surface area contributed by atoms with E-state index < -0.39 is 11.6 Å². The molecule has 2 aromatic rings. The predicted octanol–water partition coefficient (Wildman–Crippen LogP) is 5.78. The van der Waals surface area contributed by atoms with Crippen LogP contribution in [-0.2, 0) is 4.79 Å². The van der Waals surface area contributed by atoms with Gasteiger partial charge in [-0.2, -0.15) is 0 Å². The van der Waals surface area contributed by atoms with Crippen molar-refractivity contribution in [3.8, 4) is 0 Å². The number of Topliss-reactive ketones (excluding diaryl/α,β-unsaturated/α-hetero) is 1. The third-order valence-electron chi connectivity index (χ3n) is 5.54. The van der Waals surface area contributed by atoms with Crippen LogP contribution in [0.2, 0.25) is 10.0 Å². The Labute approximate surface area is 172 Å². The van der Waals surface area contributed by atoms with Gasteiger partial charge in [-0.1, -0.05) is 35.3 Å². The van der Waals surface area contributed by atoms with Gasteiger partial charge in [-0.25, -0.2) is 8.78 Å². The molecule has 2 aliphatic rings. The van der Waals surface area contributed by atoms with Gasteiger partial charge >= 0.3 is 0 Å². The molecule has 0 unspecified atom stereocenters. The molecule has 144 valence electrons. The van der Waals surface area contributed by atoms with Crippen molar-refractivity contribution < 1.29 is 13.6 Å². The number of nitrogens with zero attached hydrogens (tertiary/aromatic N) is 1. The molecule has 0 spiro atoms. The normalized spacial score (nSPS) is 25.1. The molecule has 0 saturated carbocycles. The van der Waals surface area contributed by atoms with Crippen molar-refractivity contribution >= 4 is 41.1 Å². The fraction of sp³-hybridized carbons (Fsp3) is 0.227. The van der Waals surface area contributed by atoms with Crippen molar-refractivity contribution in [3.05, 3.63) is 80.4 Å². The van der Waals surface area contributed by atoms with Gasteiger partial charge in [-0.3, -0.25) is 9.69 Å². The minimum Gasteiger partial charge on any atom is -0.292 e. The second-order valence-corrected chi connectivity index (χ2v) is 7.89. The van der Waals surface area contributed by atoms with Gasteiger partial charge in [0, 0.05) is 34.4 Å². The largest absolute Gasteiger partial charge is 0.292 e. The molecule has 2 atom stereocenters. The maximum Gasteiger partial charge on any atom is 0.188 e. The molecule has 28 heavy (non-hydrogen) atoms. The monoisotopic (exact) mass is 419 g/mol. The minimum absolute atomic E-state index is 0.124. The van der Waals surface area contributed by atoms with E-state index in [2.05, 4.69) is 4.90 Å². The number of likely N-dealkylation sites (N-methyl/N-ethyl adjacent to an activating group) is 1. The van der Waals surface area contributed by atoms with Gasteiger partial charge in [-0.05, 0) is 56.3 Å². The lowest BCUT2D eigenvalue weighted by atomic mass is 9.88. The Hall–Kier alpha value is -2.01. The first-order valence-electron chi connectivity index (χ1n) is 8.96. The van der Waals surface area contributed by atoms with E-state index in [-0.39, 0.29) is 39.0 Å². The molecule has 2 saturated heterocycles. The first-order chi connectivity index (χ1) is 13.4. The van der Waals surface area contributed by atoms with Crippen LogP contribution in [0.4, 0.5) is 8.78 Å². The van der Waals surface area contributed by atoms with Crippen LogP contribution < -0.4 is 0 Å². The summed E-state index contributed by atoms with van der Waals surface area (Å²) in [6.45, 7) is 0. The van der Waals surface area contributed by atoms with Crippen molar-refractivity contribution in [2.75, 3.05) is 7.05 Å². The quantitative estimate of drug-likeness (QED) is 0.574. The molecule has 0 radical (unpaired) electrons. The number of fused-ring (bicyclic) bond motifs is 2. The topological polar surface area (TPSA) is 20.3 Å². The fourth-order valence-electron chi connectivity index (χ4n) is 4.09. The van der Waals surface area contributed by atoms with Crippen LogP contribution in [0.15, 0.2) is 47.5 Å². The SMILES string of the molecule is CN1[C@H]2CC[C@H]1/C(=C\c1c(F)cccc1Cl)C(=O)/C2=C/c1c(F)cccc1Cl. The van der Waals surface area contributed by atoms with E-state index in [0.717, 1.165) is 12.8 Å². The molecule has 2 heterocycles. The molecule has 0 N–H and O–H groups in total. The Morgan fingerprint density at radius 1 is 0.893 bits per heavy atom. The summed E-state index contributed by atoms with van der Waals surface area (Å²) in [7, 11) is 1.92. The molecular weight excluding hydrogens is 403 g/mol. The maximum atomic E-state index is 14.3. The summed E-state index contributed by atoms with van der Waals surface area (Å²) in [5, 5.41) is 0.483. The summed E-state index contributed by atoms with van der Waals surface area (Å²) in [6, 6.07) is 8.58. The van der Waals surface area contributed by atoms with Gasteiger partial charge in [0.15, 0.2) is 5.78 Å². The number of carbonyl (C=O) groups excluding carboxylic acids is 1. The van der Waals surface area contributed by atoms with Gasteiger partial charge < -0.3 is 0 Å². The number of rotatable bonds is 2. The number of piperidine rings is 1. The smallest absolute Gasteiger partial charge is 0.188 e. The molecular formula is C22H17Cl2F2NO. The van der Waals surface area contributed by atoms with Crippen molar-refractivity contribution in [2.45, 2.75) is 24.9 Å². The molecule has 0 aliphatic carbocycles. The molecule has 2 aromatic carbocycles. The van der Waals surface area contributed by atoms with Crippen LogP contribution in [0.1, 0.15) is 24.0 Å². The average molecular weight is 420 g/mol. The Bertz CT molecular complexity index is 911. The zero-order valence-electron chi connectivity index (χ0n) is 15.1. The van der Waals surface area contributed by atoms with E-state index in [1.54, 1.807) is 12.1 Å². The van der Waals surface area contributed by atoms with Gasteiger partial charge in [0.1, 0.15) is 11.6 Å². The van der Waals surface area contributed by atoms with E-state index >= 15 is 0 Å².